The first-order chi connectivity index (χ1) is 13.8. The second-order valence-corrected chi connectivity index (χ2v) is 7.77. The van der Waals surface area contributed by atoms with E-state index in [9.17, 15) is 14.3 Å². The monoisotopic (exact) mass is 441 g/mol. The summed E-state index contributed by atoms with van der Waals surface area (Å²) in [6.07, 6.45) is -1.13. The van der Waals surface area contributed by atoms with Crippen LogP contribution in [0.1, 0.15) is 28.9 Å². The summed E-state index contributed by atoms with van der Waals surface area (Å²) in [6.45, 7) is 3.52. The molecule has 2 atom stereocenters. The van der Waals surface area contributed by atoms with Gasteiger partial charge in [0.05, 0.1) is 17.7 Å². The van der Waals surface area contributed by atoms with Gasteiger partial charge >= 0.3 is 0 Å². The number of halogens is 3. The number of ether oxygens (including phenoxy) is 2. The van der Waals surface area contributed by atoms with Gasteiger partial charge in [-0.25, -0.2) is 4.39 Å². The van der Waals surface area contributed by atoms with Gasteiger partial charge in [0, 0.05) is 35.8 Å². The third-order valence-electron chi connectivity index (χ3n) is 4.71. The Morgan fingerprint density at radius 1 is 1.31 bits per heavy atom. The number of benzene rings is 2. The molecule has 0 spiro atoms. The summed E-state index contributed by atoms with van der Waals surface area (Å²) in [4.78, 5) is 13.3. The largest absolute Gasteiger partial charge is 0.491 e. The van der Waals surface area contributed by atoms with Crippen molar-refractivity contribution in [3.63, 3.8) is 0 Å². The molecule has 156 valence electrons. The van der Waals surface area contributed by atoms with E-state index in [1.165, 1.54) is 19.1 Å². The standard InChI is InChI=1S/C21H22Cl2FNO4/c1-13(26)14-2-4-16(5-3-14)29-12-15(27)10-25-6-7-28-21(11-25)17-8-20(24)19(23)9-18(17)22/h2-5,8-9,15,21,27H,6-7,10-12H2,1H3. The van der Waals surface area contributed by atoms with E-state index < -0.39 is 18.0 Å². The average molecular weight is 442 g/mol. The van der Waals surface area contributed by atoms with E-state index in [-0.39, 0.29) is 17.4 Å². The van der Waals surface area contributed by atoms with Crippen LogP contribution in [0.3, 0.4) is 0 Å². The zero-order chi connectivity index (χ0) is 21.0. The fraction of sp³-hybridized carbons (Fsp3) is 0.381. The number of ketones is 1. The normalized spacial score (nSPS) is 18.4. The molecule has 1 saturated heterocycles. The highest BCUT2D eigenvalue weighted by Crippen LogP contribution is 2.32. The average Bonchev–Trinajstić information content (AvgIpc) is 2.69. The molecule has 5 nitrogen and oxygen atoms in total. The van der Waals surface area contributed by atoms with Crippen LogP contribution < -0.4 is 4.74 Å². The van der Waals surface area contributed by atoms with Gasteiger partial charge in [0.1, 0.15) is 24.3 Å². The molecule has 29 heavy (non-hydrogen) atoms. The lowest BCUT2D eigenvalue weighted by Crippen LogP contribution is -2.43. The molecule has 1 aliphatic heterocycles. The molecule has 1 fully saturated rings. The zero-order valence-electron chi connectivity index (χ0n) is 15.9. The van der Waals surface area contributed by atoms with Crippen LogP contribution >= 0.6 is 23.2 Å². The highest BCUT2D eigenvalue weighted by molar-refractivity contribution is 6.35. The zero-order valence-corrected chi connectivity index (χ0v) is 17.4. The highest BCUT2D eigenvalue weighted by atomic mass is 35.5. The summed E-state index contributed by atoms with van der Waals surface area (Å²) < 4.78 is 25.2. The van der Waals surface area contributed by atoms with Crippen molar-refractivity contribution in [1.82, 2.24) is 4.90 Å². The molecule has 1 N–H and O–H groups in total. The fourth-order valence-corrected chi connectivity index (χ4v) is 3.68. The molecule has 2 unspecified atom stereocenters. The van der Waals surface area contributed by atoms with Crippen LogP contribution in [0, 0.1) is 5.82 Å². The van der Waals surface area contributed by atoms with Gasteiger partial charge in [0.15, 0.2) is 5.78 Å². The smallest absolute Gasteiger partial charge is 0.159 e. The summed E-state index contributed by atoms with van der Waals surface area (Å²) in [5.41, 5.74) is 1.14. The Bertz CT molecular complexity index is 863. The maximum atomic E-state index is 13.8. The van der Waals surface area contributed by atoms with E-state index in [4.69, 9.17) is 32.7 Å². The van der Waals surface area contributed by atoms with E-state index in [0.29, 0.717) is 48.1 Å². The van der Waals surface area contributed by atoms with Crippen LogP contribution in [-0.2, 0) is 4.74 Å². The molecular weight excluding hydrogens is 420 g/mol. The van der Waals surface area contributed by atoms with Crippen molar-refractivity contribution in [2.45, 2.75) is 19.1 Å². The maximum Gasteiger partial charge on any atom is 0.159 e. The topological polar surface area (TPSA) is 59.0 Å². The molecule has 0 radical (unpaired) electrons. The van der Waals surface area contributed by atoms with Crippen molar-refractivity contribution in [3.8, 4) is 5.75 Å². The van der Waals surface area contributed by atoms with E-state index in [2.05, 4.69) is 0 Å². The lowest BCUT2D eigenvalue weighted by Gasteiger charge is -2.34. The summed E-state index contributed by atoms with van der Waals surface area (Å²) in [5.74, 6) is 0.0208. The van der Waals surface area contributed by atoms with Crippen molar-refractivity contribution in [1.29, 1.82) is 0 Å². The number of aliphatic hydroxyl groups is 1. The SMILES string of the molecule is CC(=O)c1ccc(OCC(O)CN2CCOC(c3cc(F)c(Cl)cc3Cl)C2)cc1. The first-order valence-corrected chi connectivity index (χ1v) is 9.99. The molecule has 2 aromatic rings. The Balaban J connectivity index is 1.53. The van der Waals surface area contributed by atoms with Crippen LogP contribution in [0.15, 0.2) is 36.4 Å². The number of hydrogen-bond donors (Lipinski definition) is 1. The van der Waals surface area contributed by atoms with Gasteiger partial charge in [-0.3, -0.25) is 9.69 Å². The first kappa shape index (κ1) is 22.0. The molecule has 8 heteroatoms. The number of Topliss-reactive ketones (excluding diaryl/α,β-unsaturated/α-hetero) is 1. The number of carbonyl (C=O) groups excluding carboxylic acids is 1. The molecule has 1 heterocycles. The number of rotatable bonds is 7. The van der Waals surface area contributed by atoms with Crippen molar-refractivity contribution >= 4 is 29.0 Å². The number of morpholine rings is 1. The number of nitrogens with zero attached hydrogens (tertiary/aromatic N) is 1. The van der Waals surface area contributed by atoms with Crippen molar-refractivity contribution in [2.75, 3.05) is 32.8 Å². The van der Waals surface area contributed by atoms with Crippen LogP contribution in [-0.4, -0.2) is 54.7 Å². The predicted molar refractivity (Wildman–Crippen MR) is 110 cm³/mol. The minimum atomic E-state index is -0.723. The molecule has 2 aromatic carbocycles. The van der Waals surface area contributed by atoms with Crippen LogP contribution in [0.5, 0.6) is 5.75 Å². The van der Waals surface area contributed by atoms with E-state index in [1.807, 2.05) is 4.90 Å². The molecule has 3 rings (SSSR count). The van der Waals surface area contributed by atoms with E-state index >= 15 is 0 Å². The Hall–Kier alpha value is -1.70. The van der Waals surface area contributed by atoms with Gasteiger partial charge in [-0.15, -0.1) is 0 Å². The van der Waals surface area contributed by atoms with E-state index in [0.717, 1.165) is 0 Å². The Morgan fingerprint density at radius 3 is 2.72 bits per heavy atom. The van der Waals surface area contributed by atoms with Gasteiger partial charge in [-0.1, -0.05) is 23.2 Å². The quantitative estimate of drug-likeness (QED) is 0.516. The van der Waals surface area contributed by atoms with Gasteiger partial charge in [-0.2, -0.15) is 0 Å². The molecule has 1 aliphatic rings. The number of β-amino-alcohol motifs (C(OH)–C–C–N with tert-alkyl or cyclic N) is 1. The molecular formula is C21H22Cl2FNO4. The minimum Gasteiger partial charge on any atom is -0.491 e. The summed E-state index contributed by atoms with van der Waals surface area (Å²) in [5, 5.41) is 10.6. The van der Waals surface area contributed by atoms with Crippen molar-refractivity contribution < 1.29 is 23.8 Å². The molecule has 0 saturated carbocycles. The Kier molecular flexibility index (Phi) is 7.49. The lowest BCUT2D eigenvalue weighted by molar-refractivity contribution is -0.0460. The van der Waals surface area contributed by atoms with Crippen LogP contribution in [0.25, 0.3) is 0 Å². The van der Waals surface area contributed by atoms with Gasteiger partial charge in [0.25, 0.3) is 0 Å². The van der Waals surface area contributed by atoms with Gasteiger partial charge in [-0.05, 0) is 43.3 Å². The van der Waals surface area contributed by atoms with Crippen molar-refractivity contribution in [3.05, 3.63) is 63.4 Å². The number of carbonyl (C=O) groups is 1. The fourth-order valence-electron chi connectivity index (χ4n) is 3.17. The predicted octanol–water partition coefficient (Wildman–Crippen LogP) is 4.15. The minimum absolute atomic E-state index is 0.0147. The molecule has 0 aromatic heterocycles. The third kappa shape index (κ3) is 5.90. The van der Waals surface area contributed by atoms with Crippen LogP contribution in [0.2, 0.25) is 10.0 Å². The van der Waals surface area contributed by atoms with Crippen molar-refractivity contribution in [2.24, 2.45) is 0 Å². The van der Waals surface area contributed by atoms with Gasteiger partial charge < -0.3 is 14.6 Å². The summed E-state index contributed by atoms with van der Waals surface area (Å²) in [7, 11) is 0. The maximum absolute atomic E-state index is 13.8. The van der Waals surface area contributed by atoms with Gasteiger partial charge in [0.2, 0.25) is 0 Å². The second kappa shape index (κ2) is 9.87. The number of hydrogen-bond acceptors (Lipinski definition) is 5. The van der Waals surface area contributed by atoms with E-state index in [1.54, 1.807) is 24.3 Å². The lowest BCUT2D eigenvalue weighted by atomic mass is 10.1. The molecule has 0 amide bonds. The van der Waals surface area contributed by atoms with Crippen LogP contribution in [0.4, 0.5) is 4.39 Å². The summed E-state index contributed by atoms with van der Waals surface area (Å²) >= 11 is 12.0. The Labute approximate surface area is 178 Å². The molecule has 0 aliphatic carbocycles. The summed E-state index contributed by atoms with van der Waals surface area (Å²) in [6, 6.07) is 9.44. The first-order valence-electron chi connectivity index (χ1n) is 9.23. The second-order valence-electron chi connectivity index (χ2n) is 6.95. The molecule has 0 bridgehead atoms. The highest BCUT2D eigenvalue weighted by Gasteiger charge is 2.26. The number of aliphatic hydroxyl groups excluding tert-OH is 1. The third-order valence-corrected chi connectivity index (χ3v) is 5.33. The Morgan fingerprint density at radius 2 is 2.03 bits per heavy atom.